The quantitative estimate of drug-likeness (QED) is 0.239. The molecule has 0 spiro atoms. The molecule has 0 saturated carbocycles. The Morgan fingerprint density at radius 2 is 1.37 bits per heavy atom. The molecular formula is C15H31O3P. The van der Waals surface area contributed by atoms with Crippen LogP contribution in [0.2, 0.25) is 0 Å². The van der Waals surface area contributed by atoms with Crippen molar-refractivity contribution in [1.82, 2.24) is 0 Å². The minimum Gasteiger partial charge on any atom is -0.308 e. The molecule has 114 valence electrons. The molecule has 0 saturated heterocycles. The molecule has 0 bridgehead atoms. The van der Waals surface area contributed by atoms with Gasteiger partial charge in [-0.25, -0.2) is 0 Å². The van der Waals surface area contributed by atoms with Crippen LogP contribution in [0.4, 0.5) is 0 Å². The molecule has 0 aromatic rings. The van der Waals surface area contributed by atoms with Crippen molar-refractivity contribution < 1.29 is 13.6 Å². The minimum absolute atomic E-state index is 0.314. The van der Waals surface area contributed by atoms with Crippen LogP contribution in [0.5, 0.6) is 0 Å². The zero-order valence-electron chi connectivity index (χ0n) is 12.7. The van der Waals surface area contributed by atoms with Crippen molar-refractivity contribution >= 4 is 7.60 Å². The summed E-state index contributed by atoms with van der Waals surface area (Å²) >= 11 is 0. The summed E-state index contributed by atoms with van der Waals surface area (Å²) in [6.07, 6.45) is 10.9. The fourth-order valence-electron chi connectivity index (χ4n) is 1.77. The van der Waals surface area contributed by atoms with Gasteiger partial charge in [-0.3, -0.25) is 4.57 Å². The maximum Gasteiger partial charge on any atom is 0.334 e. The predicted octanol–water partition coefficient (Wildman–Crippen LogP) is 5.56. The normalized spacial score (nSPS) is 11.7. The molecule has 0 radical (unpaired) electrons. The molecule has 0 N–H and O–H groups in total. The topological polar surface area (TPSA) is 35.5 Å². The van der Waals surface area contributed by atoms with E-state index in [0.29, 0.717) is 19.4 Å². The van der Waals surface area contributed by atoms with Gasteiger partial charge in [0, 0.05) is 0 Å². The molecule has 0 unspecified atom stereocenters. The van der Waals surface area contributed by atoms with E-state index in [1.165, 1.54) is 25.7 Å². The number of unbranched alkanes of at least 4 members (excludes halogenated alkanes) is 6. The van der Waals surface area contributed by atoms with E-state index in [1.54, 1.807) is 6.08 Å². The van der Waals surface area contributed by atoms with Crippen molar-refractivity contribution in [1.29, 1.82) is 0 Å². The molecule has 0 fully saturated rings. The van der Waals surface area contributed by atoms with Gasteiger partial charge in [-0.05, 0) is 12.8 Å². The molecule has 0 aromatic carbocycles. The van der Waals surface area contributed by atoms with E-state index in [0.717, 1.165) is 25.7 Å². The van der Waals surface area contributed by atoms with Gasteiger partial charge in [-0.15, -0.1) is 6.58 Å². The first kappa shape index (κ1) is 18.9. The highest BCUT2D eigenvalue weighted by Crippen LogP contribution is 2.48. The maximum atomic E-state index is 12.4. The summed E-state index contributed by atoms with van der Waals surface area (Å²) in [6, 6.07) is 0. The largest absolute Gasteiger partial charge is 0.334 e. The Kier molecular flexibility index (Phi) is 12.8. The van der Waals surface area contributed by atoms with Crippen LogP contribution in [-0.2, 0) is 13.6 Å². The van der Waals surface area contributed by atoms with Crippen molar-refractivity contribution in [3.63, 3.8) is 0 Å². The van der Waals surface area contributed by atoms with E-state index >= 15 is 0 Å². The fourth-order valence-corrected chi connectivity index (χ4v) is 3.18. The van der Waals surface area contributed by atoms with Crippen LogP contribution < -0.4 is 0 Å². The molecule has 0 amide bonds. The van der Waals surface area contributed by atoms with E-state index < -0.39 is 7.60 Å². The molecule has 0 heterocycles. The molecule has 0 rings (SSSR count). The van der Waals surface area contributed by atoms with Gasteiger partial charge in [0.25, 0.3) is 0 Å². The zero-order chi connectivity index (χ0) is 14.4. The lowest BCUT2D eigenvalue weighted by molar-refractivity contribution is 0.200. The van der Waals surface area contributed by atoms with Crippen molar-refractivity contribution in [2.24, 2.45) is 0 Å². The monoisotopic (exact) mass is 290 g/mol. The van der Waals surface area contributed by atoms with Crippen LogP contribution in [0.25, 0.3) is 0 Å². The van der Waals surface area contributed by atoms with Gasteiger partial charge < -0.3 is 9.05 Å². The van der Waals surface area contributed by atoms with Gasteiger partial charge in [-0.2, -0.15) is 0 Å². The summed E-state index contributed by atoms with van der Waals surface area (Å²) in [6.45, 7) is 9.02. The predicted molar refractivity (Wildman–Crippen MR) is 82.9 cm³/mol. The van der Waals surface area contributed by atoms with Crippen molar-refractivity contribution in [3.8, 4) is 0 Å². The van der Waals surface area contributed by atoms with Gasteiger partial charge in [0.1, 0.15) is 0 Å². The van der Waals surface area contributed by atoms with Crippen LogP contribution in [0.3, 0.4) is 0 Å². The van der Waals surface area contributed by atoms with Crippen molar-refractivity contribution in [2.45, 2.75) is 65.2 Å². The summed E-state index contributed by atoms with van der Waals surface area (Å²) in [7, 11) is -2.93. The molecule has 0 aliphatic heterocycles. The Morgan fingerprint density at radius 1 is 0.895 bits per heavy atom. The molecular weight excluding hydrogens is 259 g/mol. The second-order valence-corrected chi connectivity index (χ2v) is 6.97. The number of hydrogen-bond donors (Lipinski definition) is 0. The Bertz CT molecular complexity index is 236. The third kappa shape index (κ3) is 11.4. The van der Waals surface area contributed by atoms with E-state index in [9.17, 15) is 4.57 Å². The third-order valence-corrected chi connectivity index (χ3v) is 4.78. The Labute approximate surface area is 119 Å². The molecule has 19 heavy (non-hydrogen) atoms. The molecule has 0 atom stereocenters. The molecule has 0 aromatic heterocycles. The first-order valence-corrected chi connectivity index (χ1v) is 9.40. The Balaban J connectivity index is 3.83. The van der Waals surface area contributed by atoms with E-state index in [1.807, 2.05) is 0 Å². The summed E-state index contributed by atoms with van der Waals surface area (Å²) in [5.74, 6) is 0. The Morgan fingerprint density at radius 3 is 1.74 bits per heavy atom. The molecule has 3 nitrogen and oxygen atoms in total. The third-order valence-electron chi connectivity index (χ3n) is 2.92. The van der Waals surface area contributed by atoms with E-state index in [-0.39, 0.29) is 0 Å². The second-order valence-electron chi connectivity index (χ2n) is 4.87. The second kappa shape index (κ2) is 12.9. The minimum atomic E-state index is -2.93. The van der Waals surface area contributed by atoms with Crippen molar-refractivity contribution in [2.75, 3.05) is 19.4 Å². The van der Waals surface area contributed by atoms with Crippen LogP contribution in [0, 0.1) is 0 Å². The van der Waals surface area contributed by atoms with Crippen LogP contribution in [-0.4, -0.2) is 19.4 Å². The maximum absolute atomic E-state index is 12.4. The van der Waals surface area contributed by atoms with Crippen LogP contribution in [0.1, 0.15) is 65.2 Å². The van der Waals surface area contributed by atoms with Crippen LogP contribution >= 0.6 is 7.60 Å². The molecule has 0 aliphatic rings. The average molecular weight is 290 g/mol. The number of hydrogen-bond acceptors (Lipinski definition) is 3. The van der Waals surface area contributed by atoms with Crippen LogP contribution in [0.15, 0.2) is 12.7 Å². The highest BCUT2D eigenvalue weighted by atomic mass is 31.2. The smallest absolute Gasteiger partial charge is 0.308 e. The highest BCUT2D eigenvalue weighted by molar-refractivity contribution is 7.54. The van der Waals surface area contributed by atoms with E-state index in [4.69, 9.17) is 9.05 Å². The lowest BCUT2D eigenvalue weighted by Gasteiger charge is -2.17. The van der Waals surface area contributed by atoms with Gasteiger partial charge in [0.05, 0.1) is 19.4 Å². The lowest BCUT2D eigenvalue weighted by Crippen LogP contribution is -2.02. The van der Waals surface area contributed by atoms with Gasteiger partial charge in [0.15, 0.2) is 0 Å². The Hall–Kier alpha value is -0.110. The number of rotatable bonds is 14. The van der Waals surface area contributed by atoms with Gasteiger partial charge >= 0.3 is 7.60 Å². The first-order valence-electron chi connectivity index (χ1n) is 7.67. The number of allylic oxidation sites excluding steroid dienone is 1. The SMILES string of the molecule is C=CCP(=O)(OCCCCCC)OCCCCCC. The van der Waals surface area contributed by atoms with Gasteiger partial charge in [0.2, 0.25) is 0 Å². The summed E-state index contributed by atoms with van der Waals surface area (Å²) in [5.41, 5.74) is 0. The van der Waals surface area contributed by atoms with E-state index in [2.05, 4.69) is 20.4 Å². The van der Waals surface area contributed by atoms with Crippen molar-refractivity contribution in [3.05, 3.63) is 12.7 Å². The van der Waals surface area contributed by atoms with Gasteiger partial charge in [-0.1, -0.05) is 58.4 Å². The zero-order valence-corrected chi connectivity index (χ0v) is 13.6. The average Bonchev–Trinajstić information content (AvgIpc) is 2.39. The summed E-state index contributed by atoms with van der Waals surface area (Å²) < 4.78 is 23.3. The molecule has 4 heteroatoms. The lowest BCUT2D eigenvalue weighted by atomic mass is 10.2. The summed E-state index contributed by atoms with van der Waals surface area (Å²) in [5, 5.41) is 0. The molecule has 0 aliphatic carbocycles. The highest BCUT2D eigenvalue weighted by Gasteiger charge is 2.22. The fraction of sp³-hybridized carbons (Fsp3) is 0.867. The first-order chi connectivity index (χ1) is 9.18. The summed E-state index contributed by atoms with van der Waals surface area (Å²) in [4.78, 5) is 0. The standard InChI is InChI=1S/C15H31O3P/c1-4-7-9-11-13-17-19(16,15-6-3)18-14-12-10-8-5-2/h6H,3-5,7-15H2,1-2H3.